The molecule has 0 spiro atoms. The maximum Gasteiger partial charge on any atom is 0.0638 e. The van der Waals surface area contributed by atoms with E-state index in [1.54, 1.807) is 0 Å². The van der Waals surface area contributed by atoms with E-state index in [4.69, 9.17) is 0 Å². The van der Waals surface area contributed by atoms with Gasteiger partial charge in [-0.05, 0) is 41.9 Å². The zero-order valence-corrected chi connectivity index (χ0v) is 11.7. The summed E-state index contributed by atoms with van der Waals surface area (Å²) in [6.45, 7) is 6.59. The third-order valence-corrected chi connectivity index (χ3v) is 7.08. The highest BCUT2D eigenvalue weighted by Crippen LogP contribution is 2.73. The number of rotatable bonds is 1. The summed E-state index contributed by atoms with van der Waals surface area (Å²) in [5.74, 6) is 0.195. The van der Waals surface area contributed by atoms with E-state index in [1.165, 1.54) is 0 Å². The Bertz CT molecular complexity index is 371. The number of hydrogen-bond donors (Lipinski definition) is 3. The number of aliphatic hydroxyl groups is 3. The van der Waals surface area contributed by atoms with Gasteiger partial charge in [0.15, 0.2) is 0 Å². The second kappa shape index (κ2) is 3.50. The zero-order chi connectivity index (χ0) is 13.3. The van der Waals surface area contributed by atoms with E-state index in [0.717, 1.165) is 19.3 Å². The van der Waals surface area contributed by atoms with E-state index in [2.05, 4.69) is 20.8 Å². The molecule has 0 saturated heterocycles. The zero-order valence-electron chi connectivity index (χ0n) is 11.7. The van der Waals surface area contributed by atoms with Gasteiger partial charge in [0.2, 0.25) is 0 Å². The highest BCUT2D eigenvalue weighted by molar-refractivity contribution is 5.22. The second-order valence-corrected chi connectivity index (χ2v) is 7.77. The molecule has 0 aromatic heterocycles. The van der Waals surface area contributed by atoms with Crippen molar-refractivity contribution < 1.29 is 15.3 Å². The lowest BCUT2D eigenvalue weighted by atomic mass is 9.62. The molecule has 3 saturated carbocycles. The monoisotopic (exact) mass is 254 g/mol. The second-order valence-electron chi connectivity index (χ2n) is 7.77. The molecule has 3 aliphatic rings. The Hall–Kier alpha value is -0.120. The van der Waals surface area contributed by atoms with Gasteiger partial charge >= 0.3 is 0 Å². The molecular weight excluding hydrogens is 228 g/mol. The smallest absolute Gasteiger partial charge is 0.0638 e. The minimum absolute atomic E-state index is 0.0312. The van der Waals surface area contributed by atoms with Crippen LogP contribution in [0.1, 0.15) is 46.5 Å². The molecule has 0 aliphatic heterocycles. The summed E-state index contributed by atoms with van der Waals surface area (Å²) in [5, 5.41) is 31.0. The fraction of sp³-hybridized carbons (Fsp3) is 1.00. The molecule has 0 radical (unpaired) electrons. The number of hydrogen-bond acceptors (Lipinski definition) is 3. The Kier molecular flexibility index (Phi) is 2.51. The molecule has 0 aromatic carbocycles. The van der Waals surface area contributed by atoms with Gasteiger partial charge in [0.25, 0.3) is 0 Å². The minimum atomic E-state index is -0.381. The lowest BCUT2D eigenvalue weighted by Gasteiger charge is -2.46. The summed E-state index contributed by atoms with van der Waals surface area (Å²) in [6, 6.07) is 0. The van der Waals surface area contributed by atoms with Crippen molar-refractivity contribution >= 4 is 0 Å². The first kappa shape index (κ1) is 12.9. The number of aliphatic hydroxyl groups excluding tert-OH is 3. The standard InChI is InChI=1S/C15H26O3/c1-13(8-16)5-4-6-14(2)10-9(17)7-15(14,3)12(18)11(10)13/h9-12,16-18H,4-8H2,1-3H3/t9-,10+,11?,12-,13-,14?,15?/m0/s1. The first-order valence-electron chi connectivity index (χ1n) is 7.27. The topological polar surface area (TPSA) is 60.7 Å². The Balaban J connectivity index is 2.14. The fourth-order valence-corrected chi connectivity index (χ4v) is 5.76. The first-order valence-corrected chi connectivity index (χ1v) is 7.27. The van der Waals surface area contributed by atoms with Crippen LogP contribution in [0.5, 0.6) is 0 Å². The average molecular weight is 254 g/mol. The van der Waals surface area contributed by atoms with E-state index >= 15 is 0 Å². The van der Waals surface area contributed by atoms with Crippen molar-refractivity contribution in [2.45, 2.75) is 58.7 Å². The van der Waals surface area contributed by atoms with Crippen LogP contribution in [-0.4, -0.2) is 34.1 Å². The fourth-order valence-electron chi connectivity index (χ4n) is 5.76. The van der Waals surface area contributed by atoms with E-state index in [0.29, 0.717) is 6.42 Å². The van der Waals surface area contributed by atoms with Gasteiger partial charge in [0.05, 0.1) is 12.2 Å². The maximum absolute atomic E-state index is 10.8. The van der Waals surface area contributed by atoms with Gasteiger partial charge in [-0.25, -0.2) is 0 Å². The van der Waals surface area contributed by atoms with Crippen molar-refractivity contribution in [3.05, 3.63) is 0 Å². The van der Waals surface area contributed by atoms with Crippen molar-refractivity contribution in [1.82, 2.24) is 0 Å². The third-order valence-electron chi connectivity index (χ3n) is 7.08. The Morgan fingerprint density at radius 1 is 1.00 bits per heavy atom. The summed E-state index contributed by atoms with van der Waals surface area (Å²) in [6.07, 6.45) is 3.14. The Morgan fingerprint density at radius 2 is 1.67 bits per heavy atom. The highest BCUT2D eigenvalue weighted by atomic mass is 16.3. The predicted molar refractivity (Wildman–Crippen MR) is 68.9 cm³/mol. The molecule has 0 heterocycles. The maximum atomic E-state index is 10.8. The van der Waals surface area contributed by atoms with Crippen LogP contribution in [-0.2, 0) is 0 Å². The molecule has 3 fully saturated rings. The summed E-state index contributed by atoms with van der Waals surface area (Å²) in [5.41, 5.74) is -0.386. The molecule has 4 bridgehead atoms. The molecule has 0 aromatic rings. The lowest BCUT2D eigenvalue weighted by Crippen LogP contribution is -2.49. The van der Waals surface area contributed by atoms with Crippen LogP contribution in [0.3, 0.4) is 0 Å². The van der Waals surface area contributed by atoms with Crippen LogP contribution < -0.4 is 0 Å². The SMILES string of the molecule is CC12C[C@H](O)[C@@H]3C([C@@H]1O)[C@](C)(CO)CCCC32C. The average Bonchev–Trinajstić information content (AvgIpc) is 2.53. The normalized spacial score (nSPS) is 63.0. The molecule has 0 amide bonds. The van der Waals surface area contributed by atoms with E-state index < -0.39 is 0 Å². The summed E-state index contributed by atoms with van der Waals surface area (Å²) >= 11 is 0. The largest absolute Gasteiger partial charge is 0.396 e. The van der Waals surface area contributed by atoms with Crippen LogP contribution in [0.15, 0.2) is 0 Å². The van der Waals surface area contributed by atoms with Crippen LogP contribution in [0, 0.1) is 28.1 Å². The molecule has 3 aliphatic carbocycles. The molecular formula is C15H26O3. The van der Waals surface area contributed by atoms with Crippen molar-refractivity contribution in [1.29, 1.82) is 0 Å². The van der Waals surface area contributed by atoms with Gasteiger partial charge in [0, 0.05) is 12.0 Å². The van der Waals surface area contributed by atoms with Gasteiger partial charge in [0.1, 0.15) is 0 Å². The van der Waals surface area contributed by atoms with E-state index in [9.17, 15) is 15.3 Å². The first-order chi connectivity index (χ1) is 8.30. The quantitative estimate of drug-likeness (QED) is 0.665. The highest BCUT2D eigenvalue weighted by Gasteiger charge is 2.74. The van der Waals surface area contributed by atoms with E-state index in [1.807, 2.05) is 0 Å². The molecule has 3 unspecified atom stereocenters. The Labute approximate surface area is 109 Å². The molecule has 3 heteroatoms. The van der Waals surface area contributed by atoms with Gasteiger partial charge in [-0.15, -0.1) is 0 Å². The Morgan fingerprint density at radius 3 is 2.28 bits per heavy atom. The van der Waals surface area contributed by atoms with Gasteiger partial charge < -0.3 is 15.3 Å². The molecule has 3 nitrogen and oxygen atoms in total. The minimum Gasteiger partial charge on any atom is -0.396 e. The van der Waals surface area contributed by atoms with Crippen molar-refractivity contribution in [3.8, 4) is 0 Å². The molecule has 18 heavy (non-hydrogen) atoms. The molecule has 3 N–H and O–H groups in total. The van der Waals surface area contributed by atoms with Crippen LogP contribution >= 0.6 is 0 Å². The molecule has 104 valence electrons. The summed E-state index contributed by atoms with van der Waals surface area (Å²) < 4.78 is 0. The molecule has 3 rings (SSSR count). The van der Waals surface area contributed by atoms with Crippen LogP contribution in [0.4, 0.5) is 0 Å². The summed E-state index contributed by atoms with van der Waals surface area (Å²) in [7, 11) is 0. The van der Waals surface area contributed by atoms with Gasteiger partial charge in [-0.1, -0.05) is 27.2 Å². The van der Waals surface area contributed by atoms with Gasteiger partial charge in [-0.2, -0.15) is 0 Å². The van der Waals surface area contributed by atoms with Crippen molar-refractivity contribution in [2.24, 2.45) is 28.1 Å². The summed E-state index contributed by atoms with van der Waals surface area (Å²) in [4.78, 5) is 0. The third kappa shape index (κ3) is 1.17. The molecule has 7 atom stereocenters. The van der Waals surface area contributed by atoms with Crippen LogP contribution in [0.2, 0.25) is 0 Å². The van der Waals surface area contributed by atoms with Gasteiger partial charge in [-0.3, -0.25) is 0 Å². The van der Waals surface area contributed by atoms with E-state index in [-0.39, 0.29) is 46.9 Å². The van der Waals surface area contributed by atoms with Crippen molar-refractivity contribution in [3.63, 3.8) is 0 Å². The lowest BCUT2D eigenvalue weighted by molar-refractivity contribution is -0.102. The van der Waals surface area contributed by atoms with Crippen molar-refractivity contribution in [2.75, 3.05) is 6.61 Å². The predicted octanol–water partition coefficient (Wildman–Crippen LogP) is 1.55. The van der Waals surface area contributed by atoms with Crippen LogP contribution in [0.25, 0.3) is 0 Å².